The second-order valence-corrected chi connectivity index (χ2v) is 7.42. The molecule has 2 aromatic heterocycles. The van der Waals surface area contributed by atoms with Gasteiger partial charge in [-0.15, -0.1) is 0 Å². The molecule has 128 valence electrons. The molecule has 2 fully saturated rings. The van der Waals surface area contributed by atoms with Crippen molar-refractivity contribution in [2.24, 2.45) is 0 Å². The van der Waals surface area contributed by atoms with Gasteiger partial charge in [0.15, 0.2) is 0 Å². The number of aromatic nitrogens is 2. The van der Waals surface area contributed by atoms with Crippen molar-refractivity contribution in [1.82, 2.24) is 14.9 Å². The number of rotatable bonds is 3. The summed E-state index contributed by atoms with van der Waals surface area (Å²) in [5.74, 6) is 0.888. The monoisotopic (exact) mass is 333 g/mol. The van der Waals surface area contributed by atoms with Gasteiger partial charge in [0.25, 0.3) is 0 Å². The summed E-state index contributed by atoms with van der Waals surface area (Å²) in [5, 5.41) is 1.22. The highest BCUT2D eigenvalue weighted by atomic mass is 16.5. The van der Waals surface area contributed by atoms with Crippen LogP contribution >= 0.6 is 0 Å². The number of pyridine rings is 1. The molecule has 2 unspecified atom stereocenters. The summed E-state index contributed by atoms with van der Waals surface area (Å²) >= 11 is 0. The van der Waals surface area contributed by atoms with E-state index < -0.39 is 0 Å². The average molecular weight is 333 g/mol. The molecule has 1 aromatic carbocycles. The van der Waals surface area contributed by atoms with Crippen LogP contribution in [0.2, 0.25) is 0 Å². The third-order valence-corrected chi connectivity index (χ3v) is 5.94. The van der Waals surface area contributed by atoms with Crippen molar-refractivity contribution in [1.29, 1.82) is 0 Å². The van der Waals surface area contributed by atoms with E-state index >= 15 is 0 Å². The molecule has 3 aromatic rings. The van der Waals surface area contributed by atoms with Crippen LogP contribution in [0, 0.1) is 0 Å². The Bertz CT molecular complexity index is 872. The number of fused-ring (bicyclic) bond motifs is 3. The summed E-state index contributed by atoms with van der Waals surface area (Å²) in [6.07, 6.45) is 9.08. The summed E-state index contributed by atoms with van der Waals surface area (Å²) in [6.45, 7) is 0. The molecule has 2 atom stereocenters. The normalized spacial score (nSPS) is 26.2. The van der Waals surface area contributed by atoms with Crippen molar-refractivity contribution < 1.29 is 4.74 Å². The Balaban J connectivity index is 1.31. The lowest BCUT2D eigenvalue weighted by molar-refractivity contribution is 0.0659. The fraction of sp³-hybridized carbons (Fsp3) is 0.381. The van der Waals surface area contributed by atoms with E-state index in [4.69, 9.17) is 4.74 Å². The number of H-pyrrole nitrogens is 1. The van der Waals surface area contributed by atoms with E-state index in [0.717, 1.165) is 35.4 Å². The van der Waals surface area contributed by atoms with Gasteiger partial charge in [0.1, 0.15) is 11.9 Å². The molecule has 4 nitrogen and oxygen atoms in total. The molecule has 4 heterocycles. The predicted molar refractivity (Wildman–Crippen MR) is 99.8 cm³/mol. The SMILES string of the molecule is CN1C2CCC1CC(Oc1ccc(-c3ccc4cc[nH]c4c3)nc1)C2. The molecule has 0 spiro atoms. The van der Waals surface area contributed by atoms with Crippen molar-refractivity contribution in [3.63, 3.8) is 0 Å². The van der Waals surface area contributed by atoms with Crippen LogP contribution in [-0.4, -0.2) is 40.1 Å². The predicted octanol–water partition coefficient (Wildman–Crippen LogP) is 4.23. The van der Waals surface area contributed by atoms with E-state index in [0.29, 0.717) is 18.2 Å². The minimum Gasteiger partial charge on any atom is -0.489 e. The fourth-order valence-electron chi connectivity index (χ4n) is 4.48. The van der Waals surface area contributed by atoms with E-state index in [1.807, 2.05) is 12.4 Å². The van der Waals surface area contributed by atoms with Crippen LogP contribution in [0.4, 0.5) is 0 Å². The van der Waals surface area contributed by atoms with Crippen molar-refractivity contribution in [2.75, 3.05) is 7.05 Å². The van der Waals surface area contributed by atoms with Crippen molar-refractivity contribution >= 4 is 10.9 Å². The minimum atomic E-state index is 0.330. The molecule has 4 heteroatoms. The molecule has 2 aliphatic heterocycles. The lowest BCUT2D eigenvalue weighted by atomic mass is 10.0. The number of aromatic amines is 1. The zero-order valence-corrected chi connectivity index (χ0v) is 14.5. The molecule has 25 heavy (non-hydrogen) atoms. The number of benzene rings is 1. The quantitative estimate of drug-likeness (QED) is 0.780. The lowest BCUT2D eigenvalue weighted by Gasteiger charge is -2.36. The van der Waals surface area contributed by atoms with Gasteiger partial charge in [0, 0.05) is 29.4 Å². The molecule has 1 N–H and O–H groups in total. The maximum atomic E-state index is 6.24. The Kier molecular flexibility index (Phi) is 3.52. The fourth-order valence-corrected chi connectivity index (χ4v) is 4.48. The van der Waals surface area contributed by atoms with Gasteiger partial charge in [-0.2, -0.15) is 0 Å². The molecule has 2 bridgehead atoms. The molecule has 0 radical (unpaired) electrons. The number of piperidine rings is 1. The highest BCUT2D eigenvalue weighted by molar-refractivity contribution is 5.84. The van der Waals surface area contributed by atoms with Crippen molar-refractivity contribution in [2.45, 2.75) is 43.9 Å². The Morgan fingerprint density at radius 3 is 2.68 bits per heavy atom. The van der Waals surface area contributed by atoms with Gasteiger partial charge in [0.2, 0.25) is 0 Å². The second-order valence-electron chi connectivity index (χ2n) is 7.42. The number of ether oxygens (including phenoxy) is 1. The first-order chi connectivity index (χ1) is 12.3. The van der Waals surface area contributed by atoms with Gasteiger partial charge in [-0.1, -0.05) is 12.1 Å². The van der Waals surface area contributed by atoms with Crippen LogP contribution in [0.5, 0.6) is 5.75 Å². The van der Waals surface area contributed by atoms with Crippen LogP contribution in [0.15, 0.2) is 48.8 Å². The van der Waals surface area contributed by atoms with Gasteiger partial charge < -0.3 is 14.6 Å². The standard InChI is InChI=1S/C21H23N3O/c1-24-16-4-5-17(24)12-19(11-16)25-18-6-7-20(23-13-18)15-3-2-14-8-9-22-21(14)10-15/h2-3,6-10,13,16-17,19,22H,4-5,11-12H2,1H3. The zero-order valence-electron chi connectivity index (χ0n) is 14.5. The zero-order chi connectivity index (χ0) is 16.8. The van der Waals surface area contributed by atoms with E-state index in [-0.39, 0.29) is 0 Å². The maximum absolute atomic E-state index is 6.24. The van der Waals surface area contributed by atoms with Crippen LogP contribution in [0.1, 0.15) is 25.7 Å². The van der Waals surface area contributed by atoms with E-state index in [1.165, 1.54) is 18.2 Å². The van der Waals surface area contributed by atoms with E-state index in [1.54, 1.807) is 0 Å². The average Bonchev–Trinajstić information content (AvgIpc) is 3.16. The van der Waals surface area contributed by atoms with Gasteiger partial charge in [-0.25, -0.2) is 0 Å². The van der Waals surface area contributed by atoms with Gasteiger partial charge in [0.05, 0.1) is 11.9 Å². The van der Waals surface area contributed by atoms with E-state index in [2.05, 4.69) is 58.3 Å². The highest BCUT2D eigenvalue weighted by Crippen LogP contribution is 2.36. The summed E-state index contributed by atoms with van der Waals surface area (Å²) in [6, 6.07) is 14.0. The molecule has 2 saturated heterocycles. The maximum Gasteiger partial charge on any atom is 0.138 e. The third-order valence-electron chi connectivity index (χ3n) is 5.94. The van der Waals surface area contributed by atoms with Crippen LogP contribution in [-0.2, 0) is 0 Å². The summed E-state index contributed by atoms with van der Waals surface area (Å²) < 4.78 is 6.24. The Hall–Kier alpha value is -2.33. The first-order valence-corrected chi connectivity index (χ1v) is 9.18. The van der Waals surface area contributed by atoms with Crippen LogP contribution < -0.4 is 4.74 Å². The largest absolute Gasteiger partial charge is 0.489 e. The number of hydrogen-bond acceptors (Lipinski definition) is 3. The summed E-state index contributed by atoms with van der Waals surface area (Å²) in [4.78, 5) is 10.4. The molecule has 0 amide bonds. The molecular weight excluding hydrogens is 310 g/mol. The van der Waals surface area contributed by atoms with Gasteiger partial charge in [-0.05, 0) is 62.4 Å². The highest BCUT2D eigenvalue weighted by Gasteiger charge is 2.39. The number of nitrogens with zero attached hydrogens (tertiary/aromatic N) is 2. The first kappa shape index (κ1) is 15.0. The summed E-state index contributed by atoms with van der Waals surface area (Å²) in [7, 11) is 2.26. The first-order valence-electron chi connectivity index (χ1n) is 9.18. The summed E-state index contributed by atoms with van der Waals surface area (Å²) in [5.41, 5.74) is 3.24. The van der Waals surface area contributed by atoms with Crippen molar-refractivity contribution in [3.05, 3.63) is 48.8 Å². The number of hydrogen-bond donors (Lipinski definition) is 1. The minimum absolute atomic E-state index is 0.330. The van der Waals surface area contributed by atoms with Crippen LogP contribution in [0.3, 0.4) is 0 Å². The Morgan fingerprint density at radius 1 is 1.08 bits per heavy atom. The van der Waals surface area contributed by atoms with Gasteiger partial charge >= 0.3 is 0 Å². The van der Waals surface area contributed by atoms with Gasteiger partial charge in [-0.3, -0.25) is 4.98 Å². The molecule has 0 saturated carbocycles. The third kappa shape index (κ3) is 2.71. The number of nitrogens with one attached hydrogen (secondary N) is 1. The lowest BCUT2D eigenvalue weighted by Crippen LogP contribution is -2.43. The molecule has 0 aliphatic carbocycles. The van der Waals surface area contributed by atoms with E-state index in [9.17, 15) is 0 Å². The smallest absolute Gasteiger partial charge is 0.138 e. The molecular formula is C21H23N3O. The van der Waals surface area contributed by atoms with Crippen LogP contribution in [0.25, 0.3) is 22.2 Å². The second kappa shape index (κ2) is 5.88. The topological polar surface area (TPSA) is 41.1 Å². The Morgan fingerprint density at radius 2 is 1.92 bits per heavy atom. The van der Waals surface area contributed by atoms with Crippen molar-refractivity contribution in [3.8, 4) is 17.0 Å². The Labute approximate surface area is 147 Å². The molecule has 5 rings (SSSR count). The molecule has 2 aliphatic rings.